The van der Waals surface area contributed by atoms with E-state index in [1.54, 1.807) is 30.3 Å². The molecule has 1 heterocycles. The van der Waals surface area contributed by atoms with E-state index in [0.29, 0.717) is 27.0 Å². The molecule has 25 heavy (non-hydrogen) atoms. The lowest BCUT2D eigenvalue weighted by Crippen LogP contribution is -2.27. The first-order valence-electron chi connectivity index (χ1n) is 8.12. The van der Waals surface area contributed by atoms with Gasteiger partial charge in [0, 0.05) is 6.54 Å². The standard InChI is InChI=1S/C19H23ClN2O2S/c1-12-11-15(22-17(23)13-7-5-6-8-14(13)20)25-16(12)18(24)21-10-9-19(2,3)4/h5-8,11H,9-10H2,1-4H3,(H,21,24)(H,22,23). The summed E-state index contributed by atoms with van der Waals surface area (Å²) in [5, 5.41) is 6.78. The van der Waals surface area contributed by atoms with Crippen LogP contribution in [0.2, 0.25) is 5.02 Å². The molecular formula is C19H23ClN2O2S. The normalized spacial score (nSPS) is 11.2. The third-order valence-corrected chi connectivity index (χ3v) is 5.12. The van der Waals surface area contributed by atoms with Gasteiger partial charge < -0.3 is 10.6 Å². The molecule has 0 unspecified atom stereocenters. The Bertz CT molecular complexity index is 778. The van der Waals surface area contributed by atoms with E-state index >= 15 is 0 Å². The number of aryl methyl sites for hydroxylation is 1. The van der Waals surface area contributed by atoms with E-state index in [0.717, 1.165) is 12.0 Å². The van der Waals surface area contributed by atoms with Gasteiger partial charge in [-0.25, -0.2) is 0 Å². The molecule has 0 aliphatic rings. The maximum absolute atomic E-state index is 12.3. The highest BCUT2D eigenvalue weighted by molar-refractivity contribution is 7.18. The van der Waals surface area contributed by atoms with E-state index in [4.69, 9.17) is 11.6 Å². The third-order valence-electron chi connectivity index (χ3n) is 3.64. The molecule has 2 amide bonds. The van der Waals surface area contributed by atoms with Gasteiger partial charge in [0.25, 0.3) is 11.8 Å². The number of hydrogen-bond acceptors (Lipinski definition) is 3. The van der Waals surface area contributed by atoms with Crippen molar-refractivity contribution in [2.75, 3.05) is 11.9 Å². The lowest BCUT2D eigenvalue weighted by Gasteiger charge is -2.17. The number of carbonyl (C=O) groups excluding carboxylic acids is 2. The molecule has 0 fully saturated rings. The first kappa shape index (κ1) is 19.5. The number of hydrogen-bond donors (Lipinski definition) is 2. The molecule has 1 aromatic heterocycles. The fourth-order valence-corrected chi connectivity index (χ4v) is 3.43. The minimum absolute atomic E-state index is 0.106. The summed E-state index contributed by atoms with van der Waals surface area (Å²) < 4.78 is 0. The summed E-state index contributed by atoms with van der Waals surface area (Å²) in [6, 6.07) is 8.67. The molecule has 0 atom stereocenters. The van der Waals surface area contributed by atoms with Crippen LogP contribution in [0.4, 0.5) is 5.00 Å². The van der Waals surface area contributed by atoms with Crippen LogP contribution in [0.25, 0.3) is 0 Å². The van der Waals surface area contributed by atoms with E-state index in [1.807, 2.05) is 6.92 Å². The Morgan fingerprint density at radius 2 is 1.84 bits per heavy atom. The van der Waals surface area contributed by atoms with Crippen LogP contribution in [-0.4, -0.2) is 18.4 Å². The van der Waals surface area contributed by atoms with Crippen molar-refractivity contribution in [1.29, 1.82) is 0 Å². The molecular weight excluding hydrogens is 356 g/mol. The van der Waals surface area contributed by atoms with Crippen molar-refractivity contribution in [3.63, 3.8) is 0 Å². The van der Waals surface area contributed by atoms with Crippen LogP contribution in [0.1, 0.15) is 52.8 Å². The van der Waals surface area contributed by atoms with Crippen molar-refractivity contribution < 1.29 is 9.59 Å². The number of nitrogens with one attached hydrogen (secondary N) is 2. The van der Waals surface area contributed by atoms with E-state index < -0.39 is 0 Å². The second-order valence-corrected chi connectivity index (χ2v) is 8.58. The number of rotatable bonds is 5. The van der Waals surface area contributed by atoms with Crippen molar-refractivity contribution in [2.24, 2.45) is 5.41 Å². The molecule has 0 aliphatic carbocycles. The molecule has 0 radical (unpaired) electrons. The Labute approximate surface area is 157 Å². The topological polar surface area (TPSA) is 58.2 Å². The molecule has 0 bridgehead atoms. The SMILES string of the molecule is Cc1cc(NC(=O)c2ccccc2Cl)sc1C(=O)NCCC(C)(C)C. The van der Waals surface area contributed by atoms with Crippen LogP contribution in [0.15, 0.2) is 30.3 Å². The summed E-state index contributed by atoms with van der Waals surface area (Å²) in [4.78, 5) is 25.3. The van der Waals surface area contributed by atoms with Gasteiger partial charge in [0.1, 0.15) is 0 Å². The molecule has 1 aromatic carbocycles. The van der Waals surface area contributed by atoms with E-state index in [9.17, 15) is 9.59 Å². The highest BCUT2D eigenvalue weighted by Gasteiger charge is 2.17. The van der Waals surface area contributed by atoms with Gasteiger partial charge in [-0.1, -0.05) is 44.5 Å². The second-order valence-electron chi connectivity index (χ2n) is 7.12. The van der Waals surface area contributed by atoms with Gasteiger partial charge in [0.05, 0.1) is 20.5 Å². The molecule has 2 N–H and O–H groups in total. The van der Waals surface area contributed by atoms with Crippen molar-refractivity contribution in [2.45, 2.75) is 34.1 Å². The number of carbonyl (C=O) groups is 2. The van der Waals surface area contributed by atoms with Crippen LogP contribution in [0.3, 0.4) is 0 Å². The van der Waals surface area contributed by atoms with Crippen LogP contribution >= 0.6 is 22.9 Å². The molecule has 2 aromatic rings. The number of amides is 2. The Hall–Kier alpha value is -1.85. The highest BCUT2D eigenvalue weighted by Crippen LogP contribution is 2.28. The monoisotopic (exact) mass is 378 g/mol. The van der Waals surface area contributed by atoms with Crippen LogP contribution < -0.4 is 10.6 Å². The van der Waals surface area contributed by atoms with E-state index in [2.05, 4.69) is 31.4 Å². The zero-order valence-corrected chi connectivity index (χ0v) is 16.5. The fraction of sp³-hybridized carbons (Fsp3) is 0.368. The summed E-state index contributed by atoms with van der Waals surface area (Å²) in [6.45, 7) is 8.90. The molecule has 0 spiro atoms. The first-order chi connectivity index (χ1) is 11.7. The smallest absolute Gasteiger partial charge is 0.261 e. The molecule has 0 saturated heterocycles. The average molecular weight is 379 g/mol. The van der Waals surface area contributed by atoms with Crippen LogP contribution in [0.5, 0.6) is 0 Å². The summed E-state index contributed by atoms with van der Waals surface area (Å²) in [5.74, 6) is -0.392. The van der Waals surface area contributed by atoms with E-state index in [-0.39, 0.29) is 17.2 Å². The molecule has 0 aliphatic heterocycles. The summed E-state index contributed by atoms with van der Waals surface area (Å²) in [7, 11) is 0. The Kier molecular flexibility index (Phi) is 6.25. The number of anilines is 1. The minimum Gasteiger partial charge on any atom is -0.351 e. The van der Waals surface area contributed by atoms with Gasteiger partial charge in [-0.05, 0) is 42.5 Å². The Morgan fingerprint density at radius 1 is 1.16 bits per heavy atom. The average Bonchev–Trinajstić information content (AvgIpc) is 2.86. The fourth-order valence-electron chi connectivity index (χ4n) is 2.23. The molecule has 4 nitrogen and oxygen atoms in total. The molecule has 6 heteroatoms. The summed E-state index contributed by atoms with van der Waals surface area (Å²) in [6.07, 6.45) is 0.902. The maximum Gasteiger partial charge on any atom is 0.261 e. The zero-order valence-electron chi connectivity index (χ0n) is 14.9. The highest BCUT2D eigenvalue weighted by atomic mass is 35.5. The zero-order chi connectivity index (χ0) is 18.6. The lowest BCUT2D eigenvalue weighted by atomic mass is 9.92. The van der Waals surface area contributed by atoms with Gasteiger partial charge in [-0.15, -0.1) is 11.3 Å². The van der Waals surface area contributed by atoms with Gasteiger partial charge in [0.15, 0.2) is 0 Å². The van der Waals surface area contributed by atoms with Crippen molar-refractivity contribution >= 4 is 39.8 Å². The quantitative estimate of drug-likeness (QED) is 0.757. The van der Waals surface area contributed by atoms with Crippen molar-refractivity contribution in [3.8, 4) is 0 Å². The lowest BCUT2D eigenvalue weighted by molar-refractivity contribution is 0.0952. The number of thiophene rings is 1. The van der Waals surface area contributed by atoms with Crippen LogP contribution in [0, 0.1) is 12.3 Å². The number of benzene rings is 1. The summed E-state index contributed by atoms with van der Waals surface area (Å²) >= 11 is 7.31. The molecule has 0 saturated carbocycles. The predicted octanol–water partition coefficient (Wildman–Crippen LogP) is 5.13. The summed E-state index contributed by atoms with van der Waals surface area (Å²) in [5.41, 5.74) is 1.42. The molecule has 2 rings (SSSR count). The van der Waals surface area contributed by atoms with Gasteiger partial charge in [-0.2, -0.15) is 0 Å². The largest absolute Gasteiger partial charge is 0.351 e. The van der Waals surface area contributed by atoms with Crippen molar-refractivity contribution in [1.82, 2.24) is 5.32 Å². The van der Waals surface area contributed by atoms with Gasteiger partial charge in [0.2, 0.25) is 0 Å². The van der Waals surface area contributed by atoms with Crippen molar-refractivity contribution in [3.05, 3.63) is 51.4 Å². The van der Waals surface area contributed by atoms with Gasteiger partial charge in [-0.3, -0.25) is 9.59 Å². The van der Waals surface area contributed by atoms with Crippen LogP contribution in [-0.2, 0) is 0 Å². The molecule has 134 valence electrons. The number of halogens is 1. The van der Waals surface area contributed by atoms with E-state index in [1.165, 1.54) is 11.3 Å². The van der Waals surface area contributed by atoms with Gasteiger partial charge >= 0.3 is 0 Å². The Balaban J connectivity index is 2.03. The third kappa shape index (κ3) is 5.58. The maximum atomic E-state index is 12.3. The second kappa shape index (κ2) is 8.02. The minimum atomic E-state index is -0.286. The first-order valence-corrected chi connectivity index (χ1v) is 9.31. The predicted molar refractivity (Wildman–Crippen MR) is 105 cm³/mol. The Morgan fingerprint density at radius 3 is 2.48 bits per heavy atom.